The number of carbonyl (C=O) groups excluding carboxylic acids is 1. The third-order valence-electron chi connectivity index (χ3n) is 3.94. The molecule has 5 nitrogen and oxygen atoms in total. The SMILES string of the molecule is Cn1c(=O)c2ccc(Cl)cc2n1Cc1c(C=O)cccc1OC(F)F. The molecule has 0 bridgehead atoms. The monoisotopic (exact) mass is 366 g/mol. The number of carbonyl (C=O) groups is 1. The van der Waals surface area contributed by atoms with Crippen molar-refractivity contribution in [3.8, 4) is 5.75 Å². The molecular formula is C17H13ClF2N2O3. The molecule has 0 aliphatic carbocycles. The van der Waals surface area contributed by atoms with Gasteiger partial charge in [-0.3, -0.25) is 19.0 Å². The summed E-state index contributed by atoms with van der Waals surface area (Å²) < 4.78 is 32.8. The van der Waals surface area contributed by atoms with Crippen molar-refractivity contribution in [1.82, 2.24) is 9.36 Å². The highest BCUT2D eigenvalue weighted by atomic mass is 35.5. The van der Waals surface area contributed by atoms with E-state index in [-0.39, 0.29) is 29.0 Å². The summed E-state index contributed by atoms with van der Waals surface area (Å²) in [7, 11) is 1.55. The fraction of sp³-hybridized carbons (Fsp3) is 0.176. The average molecular weight is 367 g/mol. The predicted molar refractivity (Wildman–Crippen MR) is 89.8 cm³/mol. The summed E-state index contributed by atoms with van der Waals surface area (Å²) in [4.78, 5) is 23.7. The van der Waals surface area contributed by atoms with Crippen LogP contribution in [0.25, 0.3) is 10.9 Å². The normalized spacial score (nSPS) is 11.2. The minimum atomic E-state index is -3.03. The average Bonchev–Trinajstić information content (AvgIpc) is 2.80. The molecule has 0 amide bonds. The van der Waals surface area contributed by atoms with E-state index in [4.69, 9.17) is 11.6 Å². The first-order chi connectivity index (χ1) is 11.9. The number of hydrogen-bond acceptors (Lipinski definition) is 3. The van der Waals surface area contributed by atoms with E-state index in [1.54, 1.807) is 29.9 Å². The molecule has 1 aromatic heterocycles. The molecule has 1 heterocycles. The van der Waals surface area contributed by atoms with Crippen LogP contribution in [0.3, 0.4) is 0 Å². The number of ether oxygens (including phenoxy) is 1. The number of aldehydes is 1. The summed E-state index contributed by atoms with van der Waals surface area (Å²) in [6.07, 6.45) is 0.560. The summed E-state index contributed by atoms with van der Waals surface area (Å²) in [6.45, 7) is -3.03. The van der Waals surface area contributed by atoms with Gasteiger partial charge >= 0.3 is 6.61 Å². The summed E-state index contributed by atoms with van der Waals surface area (Å²) in [6, 6.07) is 9.10. The van der Waals surface area contributed by atoms with E-state index in [9.17, 15) is 18.4 Å². The molecule has 25 heavy (non-hydrogen) atoms. The Balaban J connectivity index is 2.20. The van der Waals surface area contributed by atoms with Crippen molar-refractivity contribution in [3.63, 3.8) is 0 Å². The van der Waals surface area contributed by atoms with Gasteiger partial charge in [-0.05, 0) is 24.3 Å². The molecule has 0 saturated heterocycles. The Morgan fingerprint density at radius 2 is 2.04 bits per heavy atom. The highest BCUT2D eigenvalue weighted by Crippen LogP contribution is 2.26. The van der Waals surface area contributed by atoms with Crippen molar-refractivity contribution in [3.05, 3.63) is 62.9 Å². The maximum Gasteiger partial charge on any atom is 0.387 e. The van der Waals surface area contributed by atoms with Crippen LogP contribution >= 0.6 is 11.6 Å². The van der Waals surface area contributed by atoms with Gasteiger partial charge in [-0.2, -0.15) is 8.78 Å². The maximum absolute atomic E-state index is 12.7. The van der Waals surface area contributed by atoms with Gasteiger partial charge in [0.1, 0.15) is 5.75 Å². The van der Waals surface area contributed by atoms with Crippen LogP contribution in [0.1, 0.15) is 15.9 Å². The Bertz CT molecular complexity index is 1010. The summed E-state index contributed by atoms with van der Waals surface area (Å²) in [5.74, 6) is -0.115. The van der Waals surface area contributed by atoms with Gasteiger partial charge in [0.25, 0.3) is 5.56 Å². The number of fused-ring (bicyclic) bond motifs is 1. The molecule has 0 spiro atoms. The summed E-state index contributed by atoms with van der Waals surface area (Å²) in [5, 5.41) is 0.867. The van der Waals surface area contributed by atoms with Gasteiger partial charge in [-0.25, -0.2) is 0 Å². The second-order valence-electron chi connectivity index (χ2n) is 5.37. The highest BCUT2D eigenvalue weighted by Gasteiger charge is 2.17. The fourth-order valence-electron chi connectivity index (χ4n) is 2.75. The van der Waals surface area contributed by atoms with Crippen LogP contribution in [-0.2, 0) is 13.6 Å². The van der Waals surface area contributed by atoms with E-state index in [0.717, 1.165) is 0 Å². The molecular weight excluding hydrogens is 354 g/mol. The molecule has 0 saturated carbocycles. The van der Waals surface area contributed by atoms with E-state index in [1.165, 1.54) is 22.9 Å². The maximum atomic E-state index is 12.7. The van der Waals surface area contributed by atoms with Crippen molar-refractivity contribution in [1.29, 1.82) is 0 Å². The van der Waals surface area contributed by atoms with E-state index in [0.29, 0.717) is 22.2 Å². The van der Waals surface area contributed by atoms with E-state index >= 15 is 0 Å². The molecule has 0 atom stereocenters. The van der Waals surface area contributed by atoms with Crippen LogP contribution in [0.2, 0.25) is 5.02 Å². The molecule has 0 unspecified atom stereocenters. The Morgan fingerprint density at radius 1 is 1.28 bits per heavy atom. The Hall–Kier alpha value is -2.67. The van der Waals surface area contributed by atoms with Gasteiger partial charge in [0.05, 0.1) is 17.4 Å². The van der Waals surface area contributed by atoms with Crippen molar-refractivity contribution >= 4 is 28.8 Å². The second-order valence-corrected chi connectivity index (χ2v) is 5.80. The lowest BCUT2D eigenvalue weighted by atomic mass is 10.1. The number of nitrogens with zero attached hydrogens (tertiary/aromatic N) is 2. The summed E-state index contributed by atoms with van der Waals surface area (Å²) in [5.41, 5.74) is 0.732. The van der Waals surface area contributed by atoms with Gasteiger partial charge in [-0.15, -0.1) is 0 Å². The zero-order chi connectivity index (χ0) is 18.1. The first-order valence-corrected chi connectivity index (χ1v) is 7.67. The third-order valence-corrected chi connectivity index (χ3v) is 4.18. The van der Waals surface area contributed by atoms with Crippen molar-refractivity contribution < 1.29 is 18.3 Å². The van der Waals surface area contributed by atoms with Crippen molar-refractivity contribution in [2.75, 3.05) is 0 Å². The van der Waals surface area contributed by atoms with Gasteiger partial charge in [0, 0.05) is 23.2 Å². The van der Waals surface area contributed by atoms with Gasteiger partial charge < -0.3 is 4.74 Å². The van der Waals surface area contributed by atoms with Crippen LogP contribution in [-0.4, -0.2) is 22.3 Å². The Morgan fingerprint density at radius 3 is 2.72 bits per heavy atom. The lowest BCUT2D eigenvalue weighted by Gasteiger charge is -2.15. The Kier molecular flexibility index (Phi) is 4.59. The molecule has 130 valence electrons. The van der Waals surface area contributed by atoms with Crippen LogP contribution < -0.4 is 10.3 Å². The molecule has 2 aromatic carbocycles. The zero-order valence-electron chi connectivity index (χ0n) is 13.1. The summed E-state index contributed by atoms with van der Waals surface area (Å²) >= 11 is 6.01. The lowest BCUT2D eigenvalue weighted by molar-refractivity contribution is -0.0505. The first kappa shape index (κ1) is 17.2. The smallest absolute Gasteiger partial charge is 0.387 e. The first-order valence-electron chi connectivity index (χ1n) is 7.29. The Labute approximate surface area is 146 Å². The fourth-order valence-corrected chi connectivity index (χ4v) is 2.92. The number of aromatic nitrogens is 2. The number of halogens is 3. The molecule has 8 heteroatoms. The number of alkyl halides is 2. The third kappa shape index (κ3) is 3.15. The molecule has 0 fully saturated rings. The van der Waals surface area contributed by atoms with Gasteiger partial charge in [0.2, 0.25) is 0 Å². The number of hydrogen-bond donors (Lipinski definition) is 0. The van der Waals surface area contributed by atoms with Crippen LogP contribution in [0, 0.1) is 0 Å². The van der Waals surface area contributed by atoms with Crippen molar-refractivity contribution in [2.45, 2.75) is 13.2 Å². The van der Waals surface area contributed by atoms with E-state index in [2.05, 4.69) is 4.74 Å². The van der Waals surface area contributed by atoms with Gasteiger partial charge in [0.15, 0.2) is 6.29 Å². The molecule has 0 aliphatic rings. The minimum Gasteiger partial charge on any atom is -0.434 e. The number of rotatable bonds is 5. The standard InChI is InChI=1S/C17H13ClF2N2O3/c1-21-16(24)12-6-5-11(18)7-14(12)22(21)8-13-10(9-23)3-2-4-15(13)25-17(19)20/h2-7,9,17H,8H2,1H3. The van der Waals surface area contributed by atoms with Crippen LogP contribution in [0.5, 0.6) is 5.75 Å². The highest BCUT2D eigenvalue weighted by molar-refractivity contribution is 6.31. The minimum absolute atomic E-state index is 0.00739. The van der Waals surface area contributed by atoms with Crippen LogP contribution in [0.15, 0.2) is 41.2 Å². The van der Waals surface area contributed by atoms with E-state index < -0.39 is 6.61 Å². The predicted octanol–water partition coefficient (Wildman–Crippen LogP) is 3.46. The molecule has 3 rings (SSSR count). The molecule has 3 aromatic rings. The molecule has 0 radical (unpaired) electrons. The molecule has 0 N–H and O–H groups in total. The lowest BCUT2D eigenvalue weighted by Crippen LogP contribution is -2.20. The topological polar surface area (TPSA) is 53.2 Å². The zero-order valence-corrected chi connectivity index (χ0v) is 13.8. The molecule has 0 aliphatic heterocycles. The second kappa shape index (κ2) is 6.68. The quantitative estimate of drug-likeness (QED) is 0.650. The van der Waals surface area contributed by atoms with E-state index in [1.807, 2.05) is 0 Å². The van der Waals surface area contributed by atoms with Gasteiger partial charge in [-0.1, -0.05) is 23.7 Å². The van der Waals surface area contributed by atoms with Crippen molar-refractivity contribution in [2.24, 2.45) is 7.05 Å². The van der Waals surface area contributed by atoms with Crippen LogP contribution in [0.4, 0.5) is 8.78 Å². The largest absolute Gasteiger partial charge is 0.434 e. The number of benzene rings is 2.